The summed E-state index contributed by atoms with van der Waals surface area (Å²) in [5, 5.41) is 1.42. The van der Waals surface area contributed by atoms with E-state index in [1.165, 1.54) is 17.3 Å². The van der Waals surface area contributed by atoms with Gasteiger partial charge in [0.15, 0.2) is 5.16 Å². The summed E-state index contributed by atoms with van der Waals surface area (Å²) in [7, 11) is 0. The van der Waals surface area contributed by atoms with Crippen molar-refractivity contribution in [2.45, 2.75) is 11.7 Å². The molecule has 100 valence electrons. The predicted molar refractivity (Wildman–Crippen MR) is 83.3 cm³/mol. The van der Waals surface area contributed by atoms with Gasteiger partial charge in [-0.25, -0.2) is 0 Å². The summed E-state index contributed by atoms with van der Waals surface area (Å²) in [5.74, 6) is 0. The monoisotopic (exact) mass is 282 g/mol. The van der Waals surface area contributed by atoms with Crippen molar-refractivity contribution in [3.05, 3.63) is 70.5 Å². The van der Waals surface area contributed by atoms with E-state index in [4.69, 9.17) is 0 Å². The van der Waals surface area contributed by atoms with Gasteiger partial charge in [-0.15, -0.1) is 0 Å². The fourth-order valence-corrected chi connectivity index (χ4v) is 2.83. The van der Waals surface area contributed by atoms with Gasteiger partial charge in [-0.2, -0.15) is 4.98 Å². The summed E-state index contributed by atoms with van der Waals surface area (Å²) in [6, 6.07) is 17.8. The van der Waals surface area contributed by atoms with Crippen molar-refractivity contribution in [3.8, 4) is 0 Å². The largest absolute Gasteiger partial charge is 0.316 e. The summed E-state index contributed by atoms with van der Waals surface area (Å²) >= 11 is 1.50. The maximum Gasteiger partial charge on any atom is 0.281 e. The second-order valence-electron chi connectivity index (χ2n) is 4.49. The molecule has 0 amide bonds. The van der Waals surface area contributed by atoms with E-state index in [1.807, 2.05) is 48.7 Å². The third-order valence-electron chi connectivity index (χ3n) is 3.22. The number of hydrogen-bond donors (Lipinski definition) is 0. The van der Waals surface area contributed by atoms with Crippen molar-refractivity contribution < 1.29 is 0 Å². The molecule has 0 saturated carbocycles. The number of benzene rings is 2. The van der Waals surface area contributed by atoms with Crippen molar-refractivity contribution in [2.75, 3.05) is 6.26 Å². The predicted octanol–water partition coefficient (Wildman–Crippen LogP) is 3.17. The van der Waals surface area contributed by atoms with Crippen LogP contribution in [0.1, 0.15) is 5.56 Å². The van der Waals surface area contributed by atoms with Gasteiger partial charge < -0.3 is 4.57 Å². The lowest BCUT2D eigenvalue weighted by atomic mass is 10.2. The Labute approximate surface area is 121 Å². The minimum Gasteiger partial charge on any atom is -0.316 e. The summed E-state index contributed by atoms with van der Waals surface area (Å²) in [6.45, 7) is 0.713. The first-order valence-electron chi connectivity index (χ1n) is 6.37. The first-order chi connectivity index (χ1) is 9.79. The molecule has 2 aromatic carbocycles. The number of rotatable bonds is 3. The molecule has 3 aromatic rings. The van der Waals surface area contributed by atoms with Crippen LogP contribution in [-0.2, 0) is 6.54 Å². The maximum atomic E-state index is 12.0. The van der Waals surface area contributed by atoms with Crippen LogP contribution in [-0.4, -0.2) is 15.8 Å². The average molecular weight is 282 g/mol. The van der Waals surface area contributed by atoms with Crippen molar-refractivity contribution >= 4 is 22.7 Å². The van der Waals surface area contributed by atoms with Crippen LogP contribution in [0, 0.1) is 0 Å². The lowest BCUT2D eigenvalue weighted by Crippen LogP contribution is -2.16. The van der Waals surface area contributed by atoms with E-state index in [1.54, 1.807) is 0 Å². The molecule has 0 aliphatic heterocycles. The molecule has 1 aromatic heterocycles. The van der Waals surface area contributed by atoms with E-state index >= 15 is 0 Å². The van der Waals surface area contributed by atoms with Crippen LogP contribution in [0.5, 0.6) is 0 Å². The molecule has 0 radical (unpaired) electrons. The van der Waals surface area contributed by atoms with Gasteiger partial charge >= 0.3 is 0 Å². The molecule has 0 unspecified atom stereocenters. The molecule has 0 saturated heterocycles. The van der Waals surface area contributed by atoms with Gasteiger partial charge in [0.2, 0.25) is 0 Å². The zero-order valence-corrected chi connectivity index (χ0v) is 11.9. The Morgan fingerprint density at radius 1 is 1.05 bits per heavy atom. The summed E-state index contributed by atoms with van der Waals surface area (Å²) in [5.41, 5.74) is 1.97. The molecule has 3 nitrogen and oxygen atoms in total. The zero-order chi connectivity index (χ0) is 13.9. The van der Waals surface area contributed by atoms with Crippen LogP contribution in [0.3, 0.4) is 0 Å². The summed E-state index contributed by atoms with van der Waals surface area (Å²) in [6.07, 6.45) is 1.94. The van der Waals surface area contributed by atoms with Crippen LogP contribution in [0.2, 0.25) is 0 Å². The van der Waals surface area contributed by atoms with Crippen molar-refractivity contribution in [3.63, 3.8) is 0 Å². The molecule has 0 fully saturated rings. The third-order valence-corrected chi connectivity index (χ3v) is 3.90. The lowest BCUT2D eigenvalue weighted by molar-refractivity contribution is 0.697. The van der Waals surface area contributed by atoms with Gasteiger partial charge in [-0.1, -0.05) is 54.2 Å². The van der Waals surface area contributed by atoms with Crippen LogP contribution in [0.4, 0.5) is 0 Å². The highest BCUT2D eigenvalue weighted by atomic mass is 32.2. The highest BCUT2D eigenvalue weighted by Gasteiger charge is 2.09. The van der Waals surface area contributed by atoms with E-state index in [0.717, 1.165) is 10.7 Å². The van der Waals surface area contributed by atoms with Crippen LogP contribution >= 0.6 is 11.8 Å². The topological polar surface area (TPSA) is 34.9 Å². The number of fused-ring (bicyclic) bond motifs is 1. The van der Waals surface area contributed by atoms with Crippen LogP contribution < -0.4 is 5.56 Å². The highest BCUT2D eigenvalue weighted by Crippen LogP contribution is 2.19. The van der Waals surface area contributed by atoms with Crippen molar-refractivity contribution in [1.82, 2.24) is 9.55 Å². The summed E-state index contributed by atoms with van der Waals surface area (Å²) in [4.78, 5) is 16.2. The lowest BCUT2D eigenvalue weighted by Gasteiger charge is -2.14. The highest BCUT2D eigenvalue weighted by molar-refractivity contribution is 7.98. The number of hydrogen-bond acceptors (Lipinski definition) is 3. The Morgan fingerprint density at radius 3 is 2.50 bits per heavy atom. The SMILES string of the molecule is CSc1nc(=O)c2ccccc2n1Cc1ccccc1. The Bertz CT molecular complexity index is 796. The van der Waals surface area contributed by atoms with Crippen molar-refractivity contribution in [2.24, 2.45) is 0 Å². The van der Waals surface area contributed by atoms with Crippen LogP contribution in [0.15, 0.2) is 64.5 Å². The molecule has 0 atom stereocenters. The Balaban J connectivity index is 2.22. The first kappa shape index (κ1) is 12.9. The third kappa shape index (κ3) is 2.34. The molecule has 0 aliphatic carbocycles. The number of aromatic nitrogens is 2. The molecule has 0 N–H and O–H groups in total. The normalized spacial score (nSPS) is 10.8. The minimum atomic E-state index is -0.158. The molecule has 0 bridgehead atoms. The van der Waals surface area contributed by atoms with Gasteiger partial charge in [0.1, 0.15) is 0 Å². The fraction of sp³-hybridized carbons (Fsp3) is 0.125. The number of thioether (sulfide) groups is 1. The van der Waals surface area contributed by atoms with E-state index < -0.39 is 0 Å². The summed E-state index contributed by atoms with van der Waals surface area (Å²) < 4.78 is 2.09. The van der Waals surface area contributed by atoms with Crippen LogP contribution in [0.25, 0.3) is 10.9 Å². The Kier molecular flexibility index (Phi) is 3.56. The number of para-hydroxylation sites is 1. The second kappa shape index (κ2) is 5.51. The van der Waals surface area contributed by atoms with E-state index in [9.17, 15) is 4.79 Å². The van der Waals surface area contributed by atoms with Gasteiger partial charge in [-0.05, 0) is 24.0 Å². The minimum absolute atomic E-state index is 0.158. The van der Waals surface area contributed by atoms with Crippen molar-refractivity contribution in [1.29, 1.82) is 0 Å². The first-order valence-corrected chi connectivity index (χ1v) is 7.59. The molecule has 3 rings (SSSR count). The molecular weight excluding hydrogens is 268 g/mol. The smallest absolute Gasteiger partial charge is 0.281 e. The fourth-order valence-electron chi connectivity index (χ4n) is 2.27. The van der Waals surface area contributed by atoms with Gasteiger partial charge in [0.05, 0.1) is 17.4 Å². The maximum absolute atomic E-state index is 12.0. The molecule has 1 heterocycles. The molecule has 0 spiro atoms. The molecule has 4 heteroatoms. The number of nitrogens with zero attached hydrogens (tertiary/aromatic N) is 2. The van der Waals surface area contributed by atoms with E-state index in [2.05, 4.69) is 21.7 Å². The quantitative estimate of drug-likeness (QED) is 0.547. The zero-order valence-electron chi connectivity index (χ0n) is 11.1. The molecular formula is C16H14N2OS. The van der Waals surface area contributed by atoms with Gasteiger partial charge in [0, 0.05) is 0 Å². The Morgan fingerprint density at radius 2 is 1.75 bits per heavy atom. The average Bonchev–Trinajstić information content (AvgIpc) is 2.51. The van der Waals surface area contributed by atoms with Gasteiger partial charge in [0.25, 0.3) is 5.56 Å². The van der Waals surface area contributed by atoms with E-state index in [0.29, 0.717) is 11.9 Å². The van der Waals surface area contributed by atoms with Gasteiger partial charge in [-0.3, -0.25) is 4.79 Å². The Hall–Kier alpha value is -2.07. The molecule has 20 heavy (non-hydrogen) atoms. The molecule has 0 aliphatic rings. The van der Waals surface area contributed by atoms with E-state index in [-0.39, 0.29) is 5.56 Å². The second-order valence-corrected chi connectivity index (χ2v) is 5.27. The standard InChI is InChI=1S/C16H14N2OS/c1-20-16-17-15(19)13-9-5-6-10-14(13)18(16)11-12-7-3-2-4-8-12/h2-10H,11H2,1H3.